The zero-order chi connectivity index (χ0) is 27.6. The molecule has 7 aromatic carbocycles. The highest BCUT2D eigenvalue weighted by Crippen LogP contribution is 2.50. The number of aromatic nitrogens is 1. The first-order valence-electron chi connectivity index (χ1n) is 14.4. The van der Waals surface area contributed by atoms with Crippen LogP contribution >= 0.6 is 11.8 Å². The fourth-order valence-electron chi connectivity index (χ4n) is 6.78. The first-order valence-corrected chi connectivity index (χ1v) is 15.2. The lowest BCUT2D eigenvalue weighted by atomic mass is 9.89. The second-order valence-electron chi connectivity index (χ2n) is 10.9. The van der Waals surface area contributed by atoms with Crippen LogP contribution in [0, 0.1) is 0 Å². The fraction of sp³-hybridized carbons (Fsp3) is 0. The van der Waals surface area contributed by atoms with Crippen LogP contribution in [-0.4, -0.2) is 4.57 Å². The average Bonchev–Trinajstić information content (AvgIpc) is 3.39. The van der Waals surface area contributed by atoms with Gasteiger partial charge in [0.15, 0.2) is 0 Å². The Bertz CT molecular complexity index is 2330. The lowest BCUT2D eigenvalue weighted by Crippen LogP contribution is -1.95. The predicted octanol–water partition coefficient (Wildman–Crippen LogP) is 11.4. The van der Waals surface area contributed by atoms with Gasteiger partial charge in [-0.2, -0.15) is 0 Å². The second-order valence-corrected chi connectivity index (χ2v) is 12.0. The van der Waals surface area contributed by atoms with Crippen LogP contribution in [0.15, 0.2) is 161 Å². The molecule has 0 spiro atoms. The predicted molar refractivity (Wildman–Crippen MR) is 179 cm³/mol. The quantitative estimate of drug-likeness (QED) is 0.211. The van der Waals surface area contributed by atoms with Crippen molar-refractivity contribution in [3.8, 4) is 39.1 Å². The molecule has 0 N–H and O–H groups in total. The number of hydrogen-bond acceptors (Lipinski definition) is 1. The third-order valence-electron chi connectivity index (χ3n) is 8.61. The van der Waals surface area contributed by atoms with Crippen molar-refractivity contribution in [1.29, 1.82) is 0 Å². The topological polar surface area (TPSA) is 4.93 Å². The van der Waals surface area contributed by atoms with E-state index in [0.717, 1.165) is 0 Å². The van der Waals surface area contributed by atoms with Gasteiger partial charge < -0.3 is 4.57 Å². The van der Waals surface area contributed by atoms with Crippen molar-refractivity contribution in [3.63, 3.8) is 0 Å². The number of rotatable bonds is 3. The van der Waals surface area contributed by atoms with Crippen LogP contribution in [0.5, 0.6) is 0 Å². The molecule has 0 amide bonds. The summed E-state index contributed by atoms with van der Waals surface area (Å²) in [6.45, 7) is 0. The average molecular weight is 552 g/mol. The normalized spacial score (nSPS) is 12.2. The minimum atomic E-state index is 1.18. The smallest absolute Gasteiger partial charge is 0.0541 e. The van der Waals surface area contributed by atoms with Gasteiger partial charge in [0.2, 0.25) is 0 Å². The van der Waals surface area contributed by atoms with Gasteiger partial charge in [-0.05, 0) is 81.2 Å². The lowest BCUT2D eigenvalue weighted by Gasteiger charge is -2.22. The Morgan fingerprint density at radius 1 is 0.381 bits per heavy atom. The molecule has 0 saturated carbocycles. The van der Waals surface area contributed by atoms with Gasteiger partial charge >= 0.3 is 0 Å². The van der Waals surface area contributed by atoms with E-state index in [4.69, 9.17) is 0 Å². The molecule has 2 heteroatoms. The molecule has 42 heavy (non-hydrogen) atoms. The van der Waals surface area contributed by atoms with Crippen molar-refractivity contribution in [2.75, 3.05) is 0 Å². The molecular formula is C40H25NS. The molecule has 1 aliphatic heterocycles. The summed E-state index contributed by atoms with van der Waals surface area (Å²) in [7, 11) is 0. The standard InChI is InChI=1S/C40H25NS/c1-2-11-27(12-3-1)41-36-19-8-6-15-31(36)35-25-26(21-23-37(35)41)28-13-4-5-14-29(28)30-22-24-39-40-33(30)17-10-18-34(40)32-16-7-9-20-38(32)42-39/h1-25H. The highest BCUT2D eigenvalue weighted by Gasteiger charge is 2.21. The van der Waals surface area contributed by atoms with Crippen LogP contribution in [0.3, 0.4) is 0 Å². The van der Waals surface area contributed by atoms with E-state index in [2.05, 4.69) is 156 Å². The monoisotopic (exact) mass is 551 g/mol. The van der Waals surface area contributed by atoms with E-state index in [1.54, 1.807) is 0 Å². The Morgan fingerprint density at radius 3 is 1.98 bits per heavy atom. The van der Waals surface area contributed by atoms with Gasteiger partial charge in [-0.25, -0.2) is 0 Å². The van der Waals surface area contributed by atoms with Crippen molar-refractivity contribution in [1.82, 2.24) is 4.57 Å². The number of para-hydroxylation sites is 2. The van der Waals surface area contributed by atoms with Crippen molar-refractivity contribution >= 4 is 44.3 Å². The van der Waals surface area contributed by atoms with Gasteiger partial charge in [0.05, 0.1) is 11.0 Å². The molecule has 0 saturated heterocycles. The summed E-state index contributed by atoms with van der Waals surface area (Å²) in [4.78, 5) is 2.66. The number of nitrogens with zero attached hydrogens (tertiary/aromatic N) is 1. The molecule has 9 rings (SSSR count). The first kappa shape index (κ1) is 23.6. The van der Waals surface area contributed by atoms with Crippen molar-refractivity contribution in [2.24, 2.45) is 0 Å². The van der Waals surface area contributed by atoms with Gasteiger partial charge in [-0.3, -0.25) is 0 Å². The highest BCUT2D eigenvalue weighted by molar-refractivity contribution is 7.99. The minimum Gasteiger partial charge on any atom is -0.309 e. The van der Waals surface area contributed by atoms with E-state index in [1.165, 1.54) is 81.4 Å². The molecule has 1 aromatic heterocycles. The third kappa shape index (κ3) is 3.46. The summed E-state index contributed by atoms with van der Waals surface area (Å²) < 4.78 is 2.38. The molecule has 8 aromatic rings. The van der Waals surface area contributed by atoms with Crippen molar-refractivity contribution in [2.45, 2.75) is 9.79 Å². The molecule has 0 radical (unpaired) electrons. The van der Waals surface area contributed by atoms with E-state index in [1.807, 2.05) is 11.8 Å². The largest absolute Gasteiger partial charge is 0.309 e. The number of benzene rings is 7. The van der Waals surface area contributed by atoms with E-state index >= 15 is 0 Å². The van der Waals surface area contributed by atoms with Crippen molar-refractivity contribution < 1.29 is 0 Å². The summed E-state index contributed by atoms with van der Waals surface area (Å²) in [6.07, 6.45) is 0. The summed E-state index contributed by atoms with van der Waals surface area (Å²) in [5.41, 5.74) is 11.3. The fourth-order valence-corrected chi connectivity index (χ4v) is 7.91. The van der Waals surface area contributed by atoms with Gasteiger partial charge in [0, 0.05) is 31.6 Å². The van der Waals surface area contributed by atoms with Crippen LogP contribution in [0.25, 0.3) is 71.6 Å². The Hall–Kier alpha value is -5.05. The Balaban J connectivity index is 1.27. The summed E-state index contributed by atoms with van der Waals surface area (Å²) in [5, 5.41) is 5.20. The van der Waals surface area contributed by atoms with Crippen LogP contribution < -0.4 is 0 Å². The SMILES string of the molecule is c1ccc(-n2c3ccccc3c3cc(-c4ccccc4-c4ccc5c6c(cccc46)-c4ccccc4S5)ccc32)cc1. The zero-order valence-electron chi connectivity index (χ0n) is 22.8. The molecule has 0 atom stereocenters. The maximum atomic E-state index is 2.38. The van der Waals surface area contributed by atoms with Crippen LogP contribution in [0.4, 0.5) is 0 Å². The Morgan fingerprint density at radius 2 is 1.07 bits per heavy atom. The molecule has 1 nitrogen and oxygen atoms in total. The molecule has 2 heterocycles. The van der Waals surface area contributed by atoms with E-state index in [-0.39, 0.29) is 0 Å². The molecule has 0 unspecified atom stereocenters. The van der Waals surface area contributed by atoms with Crippen LogP contribution in [0.2, 0.25) is 0 Å². The Kier molecular flexibility index (Phi) is 5.20. The summed E-state index contributed by atoms with van der Waals surface area (Å²) in [6, 6.07) is 55.4. The van der Waals surface area contributed by atoms with E-state index < -0.39 is 0 Å². The van der Waals surface area contributed by atoms with Gasteiger partial charge in [-0.15, -0.1) is 0 Å². The summed E-state index contributed by atoms with van der Waals surface area (Å²) >= 11 is 1.88. The number of fused-ring (bicyclic) bond motifs is 5. The maximum Gasteiger partial charge on any atom is 0.0541 e. The zero-order valence-corrected chi connectivity index (χ0v) is 23.6. The van der Waals surface area contributed by atoms with E-state index in [0.29, 0.717) is 0 Å². The van der Waals surface area contributed by atoms with Gasteiger partial charge in [0.1, 0.15) is 0 Å². The van der Waals surface area contributed by atoms with Crippen LogP contribution in [0.1, 0.15) is 0 Å². The summed E-state index contributed by atoms with van der Waals surface area (Å²) in [5.74, 6) is 0. The van der Waals surface area contributed by atoms with Gasteiger partial charge in [0.25, 0.3) is 0 Å². The van der Waals surface area contributed by atoms with E-state index in [9.17, 15) is 0 Å². The first-order chi connectivity index (χ1) is 20.8. The lowest BCUT2D eigenvalue weighted by molar-refractivity contribution is 1.18. The second kappa shape index (κ2) is 9.24. The van der Waals surface area contributed by atoms with Crippen LogP contribution in [-0.2, 0) is 0 Å². The molecule has 0 bridgehead atoms. The molecule has 0 aliphatic carbocycles. The molecular weight excluding hydrogens is 527 g/mol. The van der Waals surface area contributed by atoms with Gasteiger partial charge in [-0.1, -0.05) is 121 Å². The third-order valence-corrected chi connectivity index (χ3v) is 9.75. The minimum absolute atomic E-state index is 1.18. The molecule has 196 valence electrons. The highest BCUT2D eigenvalue weighted by atomic mass is 32.2. The maximum absolute atomic E-state index is 2.38. The molecule has 1 aliphatic rings. The van der Waals surface area contributed by atoms with Crippen molar-refractivity contribution in [3.05, 3.63) is 152 Å². The number of hydrogen-bond donors (Lipinski definition) is 0. The molecule has 0 fully saturated rings. The Labute approximate surface area is 248 Å².